The standard InChI is InChI=1S/C18H14N2O/c19-11-6-12-20-17-10-5-4-9-15(17)16(13-21)18(20)14-7-2-1-3-8-14/h1-5,7-10,13H,6,12H2. The fourth-order valence-corrected chi connectivity index (χ4v) is 2.75. The Morgan fingerprint density at radius 2 is 1.76 bits per heavy atom. The molecule has 0 aliphatic rings. The number of aromatic nitrogens is 1. The van der Waals surface area contributed by atoms with Crippen molar-refractivity contribution in [3.8, 4) is 17.3 Å². The van der Waals surface area contributed by atoms with Crippen molar-refractivity contribution < 1.29 is 4.79 Å². The minimum atomic E-state index is 0.413. The highest BCUT2D eigenvalue weighted by molar-refractivity contribution is 6.05. The second-order valence-electron chi connectivity index (χ2n) is 4.82. The molecule has 21 heavy (non-hydrogen) atoms. The first-order chi connectivity index (χ1) is 10.4. The third kappa shape index (κ3) is 2.21. The summed E-state index contributed by atoms with van der Waals surface area (Å²) in [5.74, 6) is 0. The van der Waals surface area contributed by atoms with Gasteiger partial charge in [-0.05, 0) is 11.6 Å². The van der Waals surface area contributed by atoms with Gasteiger partial charge in [-0.1, -0.05) is 48.5 Å². The maximum Gasteiger partial charge on any atom is 0.152 e. The summed E-state index contributed by atoms with van der Waals surface area (Å²) in [7, 11) is 0. The van der Waals surface area contributed by atoms with Gasteiger partial charge in [0.1, 0.15) is 0 Å². The lowest BCUT2D eigenvalue weighted by atomic mass is 10.1. The second kappa shape index (κ2) is 5.64. The van der Waals surface area contributed by atoms with E-state index in [1.165, 1.54) is 0 Å². The number of rotatable bonds is 4. The van der Waals surface area contributed by atoms with Gasteiger partial charge in [0, 0.05) is 23.0 Å². The molecule has 0 bridgehead atoms. The zero-order valence-corrected chi connectivity index (χ0v) is 11.5. The van der Waals surface area contributed by atoms with E-state index in [1.807, 2.05) is 54.6 Å². The highest BCUT2D eigenvalue weighted by atomic mass is 16.1. The summed E-state index contributed by atoms with van der Waals surface area (Å²) in [5, 5.41) is 9.83. The number of nitrogens with zero attached hydrogens (tertiary/aromatic N) is 2. The van der Waals surface area contributed by atoms with E-state index in [-0.39, 0.29) is 0 Å². The Kier molecular flexibility index (Phi) is 3.53. The van der Waals surface area contributed by atoms with Crippen LogP contribution in [0.2, 0.25) is 0 Å². The maximum atomic E-state index is 11.6. The Balaban J connectivity index is 2.35. The predicted octanol–water partition coefficient (Wildman–Crippen LogP) is 4.03. The fourth-order valence-electron chi connectivity index (χ4n) is 2.75. The van der Waals surface area contributed by atoms with Crippen LogP contribution in [0, 0.1) is 11.3 Å². The summed E-state index contributed by atoms with van der Waals surface area (Å²) in [4.78, 5) is 11.6. The first kappa shape index (κ1) is 13.1. The predicted molar refractivity (Wildman–Crippen MR) is 83.0 cm³/mol. The summed E-state index contributed by atoms with van der Waals surface area (Å²) in [6.07, 6.45) is 1.32. The third-order valence-corrected chi connectivity index (χ3v) is 3.62. The molecule has 3 rings (SSSR count). The summed E-state index contributed by atoms with van der Waals surface area (Å²) < 4.78 is 2.07. The van der Waals surface area contributed by atoms with Crippen molar-refractivity contribution in [2.45, 2.75) is 13.0 Å². The number of benzene rings is 2. The largest absolute Gasteiger partial charge is 0.339 e. The molecule has 3 nitrogen and oxygen atoms in total. The van der Waals surface area contributed by atoms with E-state index in [9.17, 15) is 4.79 Å². The fraction of sp³-hybridized carbons (Fsp3) is 0.111. The number of carbonyl (C=O) groups excluding carboxylic acids is 1. The van der Waals surface area contributed by atoms with Crippen LogP contribution in [-0.4, -0.2) is 10.9 Å². The van der Waals surface area contributed by atoms with Crippen molar-refractivity contribution in [3.63, 3.8) is 0 Å². The Morgan fingerprint density at radius 3 is 2.48 bits per heavy atom. The van der Waals surface area contributed by atoms with Crippen LogP contribution in [0.5, 0.6) is 0 Å². The number of para-hydroxylation sites is 1. The van der Waals surface area contributed by atoms with Crippen molar-refractivity contribution in [3.05, 3.63) is 60.2 Å². The summed E-state index contributed by atoms with van der Waals surface area (Å²) in [6.45, 7) is 0.578. The summed E-state index contributed by atoms with van der Waals surface area (Å²) >= 11 is 0. The van der Waals surface area contributed by atoms with E-state index in [4.69, 9.17) is 5.26 Å². The molecular weight excluding hydrogens is 260 g/mol. The molecule has 0 N–H and O–H groups in total. The lowest BCUT2D eigenvalue weighted by Crippen LogP contribution is -2.00. The average molecular weight is 274 g/mol. The number of nitriles is 1. The van der Waals surface area contributed by atoms with E-state index in [1.54, 1.807) is 0 Å². The van der Waals surface area contributed by atoms with Crippen LogP contribution in [-0.2, 0) is 6.54 Å². The highest BCUT2D eigenvalue weighted by Crippen LogP contribution is 2.32. The molecule has 0 fully saturated rings. The molecule has 3 heteroatoms. The molecule has 0 unspecified atom stereocenters. The zero-order chi connectivity index (χ0) is 14.7. The number of aryl methyl sites for hydroxylation is 1. The maximum absolute atomic E-state index is 11.6. The Labute approximate surface area is 123 Å². The zero-order valence-electron chi connectivity index (χ0n) is 11.5. The number of aldehydes is 1. The van der Waals surface area contributed by atoms with Crippen molar-refractivity contribution >= 4 is 17.2 Å². The smallest absolute Gasteiger partial charge is 0.152 e. The SMILES string of the molecule is N#CCCn1c(-c2ccccc2)c(C=O)c2ccccc21. The minimum Gasteiger partial charge on any atom is -0.339 e. The molecule has 1 heterocycles. The van der Waals surface area contributed by atoms with Crippen LogP contribution < -0.4 is 0 Å². The molecule has 0 saturated carbocycles. The average Bonchev–Trinajstić information content (AvgIpc) is 2.87. The molecule has 0 aliphatic carbocycles. The Morgan fingerprint density at radius 1 is 1.05 bits per heavy atom. The van der Waals surface area contributed by atoms with Crippen molar-refractivity contribution in [1.29, 1.82) is 5.26 Å². The van der Waals surface area contributed by atoms with E-state index in [0.717, 1.165) is 28.4 Å². The summed E-state index contributed by atoms with van der Waals surface area (Å²) in [6, 6.07) is 19.8. The van der Waals surface area contributed by atoms with Gasteiger partial charge in [-0.3, -0.25) is 4.79 Å². The van der Waals surface area contributed by atoms with Crippen LogP contribution in [0.25, 0.3) is 22.2 Å². The van der Waals surface area contributed by atoms with E-state index in [2.05, 4.69) is 10.6 Å². The van der Waals surface area contributed by atoms with Crippen molar-refractivity contribution in [2.75, 3.05) is 0 Å². The van der Waals surface area contributed by atoms with Crippen LogP contribution in [0.15, 0.2) is 54.6 Å². The van der Waals surface area contributed by atoms with Crippen LogP contribution in [0.1, 0.15) is 16.8 Å². The molecule has 0 aliphatic heterocycles. The molecule has 1 aromatic heterocycles. The normalized spacial score (nSPS) is 10.4. The van der Waals surface area contributed by atoms with Gasteiger partial charge in [-0.15, -0.1) is 0 Å². The van der Waals surface area contributed by atoms with Crippen LogP contribution >= 0.6 is 0 Å². The van der Waals surface area contributed by atoms with Gasteiger partial charge in [-0.2, -0.15) is 5.26 Å². The third-order valence-electron chi connectivity index (χ3n) is 3.62. The second-order valence-corrected chi connectivity index (χ2v) is 4.82. The van der Waals surface area contributed by atoms with Crippen molar-refractivity contribution in [2.24, 2.45) is 0 Å². The molecule has 3 aromatic rings. The Hall–Kier alpha value is -2.86. The number of hydrogen-bond acceptors (Lipinski definition) is 2. The molecule has 102 valence electrons. The number of hydrogen-bond donors (Lipinski definition) is 0. The lowest BCUT2D eigenvalue weighted by Gasteiger charge is -2.09. The van der Waals surface area contributed by atoms with Gasteiger partial charge >= 0.3 is 0 Å². The number of carbonyl (C=O) groups is 1. The Bertz CT molecular complexity index is 826. The first-order valence-electron chi connectivity index (χ1n) is 6.85. The number of fused-ring (bicyclic) bond motifs is 1. The van der Waals surface area contributed by atoms with E-state index >= 15 is 0 Å². The van der Waals surface area contributed by atoms with Gasteiger partial charge < -0.3 is 4.57 Å². The van der Waals surface area contributed by atoms with Gasteiger partial charge in [-0.25, -0.2) is 0 Å². The molecule has 2 aromatic carbocycles. The highest BCUT2D eigenvalue weighted by Gasteiger charge is 2.17. The lowest BCUT2D eigenvalue weighted by molar-refractivity contribution is 0.112. The molecule has 0 atom stereocenters. The monoisotopic (exact) mass is 274 g/mol. The van der Waals surface area contributed by atoms with Gasteiger partial charge in [0.15, 0.2) is 6.29 Å². The molecule has 0 saturated heterocycles. The quantitative estimate of drug-likeness (QED) is 0.674. The molecule has 0 radical (unpaired) electrons. The van der Waals surface area contributed by atoms with Crippen LogP contribution in [0.3, 0.4) is 0 Å². The van der Waals surface area contributed by atoms with Crippen LogP contribution in [0.4, 0.5) is 0 Å². The van der Waals surface area contributed by atoms with Gasteiger partial charge in [0.25, 0.3) is 0 Å². The molecular formula is C18H14N2O. The topological polar surface area (TPSA) is 45.8 Å². The first-order valence-corrected chi connectivity index (χ1v) is 6.85. The van der Waals surface area contributed by atoms with E-state index in [0.29, 0.717) is 18.5 Å². The minimum absolute atomic E-state index is 0.413. The van der Waals surface area contributed by atoms with Gasteiger partial charge in [0.2, 0.25) is 0 Å². The van der Waals surface area contributed by atoms with Crippen molar-refractivity contribution in [1.82, 2.24) is 4.57 Å². The summed E-state index contributed by atoms with van der Waals surface area (Å²) in [5.41, 5.74) is 3.57. The van der Waals surface area contributed by atoms with E-state index < -0.39 is 0 Å². The molecule has 0 amide bonds. The molecule has 0 spiro atoms. The van der Waals surface area contributed by atoms with Gasteiger partial charge in [0.05, 0.1) is 18.2 Å².